The Morgan fingerprint density at radius 1 is 1.16 bits per heavy atom. The topological polar surface area (TPSA) is 55.8 Å². The molecule has 0 aromatic heterocycles. The second-order valence-corrected chi connectivity index (χ2v) is 6.17. The molecule has 2 aromatic carbocycles. The van der Waals surface area contributed by atoms with E-state index in [0.29, 0.717) is 22.3 Å². The molecule has 0 saturated carbocycles. The zero-order valence-corrected chi connectivity index (χ0v) is 15.9. The number of hydrogen-bond acceptors (Lipinski definition) is 4. The van der Waals surface area contributed by atoms with Crippen LogP contribution in [-0.4, -0.2) is 31.6 Å². The van der Waals surface area contributed by atoms with E-state index in [1.807, 2.05) is 37.3 Å². The monoisotopic (exact) mass is 405 g/mol. The van der Waals surface area contributed by atoms with Crippen molar-refractivity contribution in [3.63, 3.8) is 0 Å². The Morgan fingerprint density at radius 3 is 2.40 bits per heavy atom. The number of likely N-dealkylation sites (N-methyl/N-ethyl adjacent to an activating group) is 1. The van der Waals surface area contributed by atoms with Gasteiger partial charge in [0.05, 0.1) is 17.1 Å². The minimum atomic E-state index is -0.895. The normalized spacial score (nSPS) is 11.5. The summed E-state index contributed by atoms with van der Waals surface area (Å²) in [6.07, 6.45) is -0.895. The number of carbonyl (C=O) groups is 2. The Kier molecular flexibility index (Phi) is 6.58. The van der Waals surface area contributed by atoms with Gasteiger partial charge in [-0.3, -0.25) is 4.79 Å². The molecule has 0 unspecified atom stereocenters. The molecule has 2 aromatic rings. The van der Waals surface area contributed by atoms with E-state index in [2.05, 4.69) is 15.9 Å². The van der Waals surface area contributed by atoms with Gasteiger partial charge in [-0.2, -0.15) is 0 Å². The number of hydrogen-bond donors (Lipinski definition) is 0. The van der Waals surface area contributed by atoms with E-state index in [4.69, 9.17) is 9.47 Å². The summed E-state index contributed by atoms with van der Waals surface area (Å²) in [6, 6.07) is 14.1. The minimum Gasteiger partial charge on any atom is -0.496 e. The Labute approximate surface area is 155 Å². The van der Waals surface area contributed by atoms with Crippen molar-refractivity contribution in [3.05, 3.63) is 58.6 Å². The first kappa shape index (κ1) is 19.0. The van der Waals surface area contributed by atoms with Crippen LogP contribution in [0.4, 0.5) is 5.69 Å². The lowest BCUT2D eigenvalue weighted by Crippen LogP contribution is -2.40. The summed E-state index contributed by atoms with van der Waals surface area (Å²) in [6.45, 7) is 3.93. The van der Waals surface area contributed by atoms with Crippen molar-refractivity contribution in [3.8, 4) is 5.75 Å². The Morgan fingerprint density at radius 2 is 1.84 bits per heavy atom. The maximum absolute atomic E-state index is 12.6. The van der Waals surface area contributed by atoms with Gasteiger partial charge in [0.25, 0.3) is 5.91 Å². The Balaban J connectivity index is 2.09. The number of esters is 1. The fourth-order valence-electron chi connectivity index (χ4n) is 2.37. The van der Waals surface area contributed by atoms with E-state index < -0.39 is 12.1 Å². The molecule has 0 N–H and O–H groups in total. The van der Waals surface area contributed by atoms with Crippen LogP contribution in [0.1, 0.15) is 24.2 Å². The van der Waals surface area contributed by atoms with E-state index in [-0.39, 0.29) is 5.91 Å². The number of amides is 1. The maximum Gasteiger partial charge on any atom is 0.338 e. The highest BCUT2D eigenvalue weighted by molar-refractivity contribution is 9.10. The number of halogens is 1. The Bertz CT molecular complexity index is 748. The van der Waals surface area contributed by atoms with Gasteiger partial charge < -0.3 is 14.4 Å². The van der Waals surface area contributed by atoms with Crippen molar-refractivity contribution in [2.75, 3.05) is 18.6 Å². The van der Waals surface area contributed by atoms with Crippen LogP contribution in [0, 0.1) is 0 Å². The molecule has 0 saturated heterocycles. The molecule has 5 nitrogen and oxygen atoms in total. The third-order valence-electron chi connectivity index (χ3n) is 3.67. The lowest BCUT2D eigenvalue weighted by atomic mass is 10.2. The number of carbonyl (C=O) groups excluding carboxylic acids is 2. The molecular formula is C19H20BrNO4. The van der Waals surface area contributed by atoms with Crippen LogP contribution in [0.5, 0.6) is 5.75 Å². The van der Waals surface area contributed by atoms with Gasteiger partial charge in [0.1, 0.15) is 5.75 Å². The second-order valence-electron chi connectivity index (χ2n) is 5.31. The summed E-state index contributed by atoms with van der Waals surface area (Å²) in [5.74, 6) is -0.218. The zero-order chi connectivity index (χ0) is 18.4. The first-order valence-corrected chi connectivity index (χ1v) is 8.68. The lowest BCUT2D eigenvalue weighted by molar-refractivity contribution is -0.126. The molecule has 25 heavy (non-hydrogen) atoms. The minimum absolute atomic E-state index is 0.269. The van der Waals surface area contributed by atoms with Gasteiger partial charge >= 0.3 is 5.97 Å². The van der Waals surface area contributed by atoms with Crippen LogP contribution >= 0.6 is 15.9 Å². The van der Waals surface area contributed by atoms with Gasteiger partial charge in [-0.05, 0) is 60.1 Å². The number of rotatable bonds is 6. The fourth-order valence-corrected chi connectivity index (χ4v) is 2.91. The van der Waals surface area contributed by atoms with E-state index in [1.54, 1.807) is 37.1 Å². The van der Waals surface area contributed by atoms with Crippen LogP contribution < -0.4 is 9.64 Å². The highest BCUT2D eigenvalue weighted by Gasteiger charge is 2.24. The molecule has 0 aliphatic carbocycles. The van der Waals surface area contributed by atoms with Crippen molar-refractivity contribution in [2.45, 2.75) is 20.0 Å². The van der Waals surface area contributed by atoms with Crippen molar-refractivity contribution < 1.29 is 19.1 Å². The zero-order valence-electron chi connectivity index (χ0n) is 14.4. The van der Waals surface area contributed by atoms with E-state index >= 15 is 0 Å². The average molecular weight is 406 g/mol. The quantitative estimate of drug-likeness (QED) is 0.680. The molecule has 2 rings (SSSR count). The largest absolute Gasteiger partial charge is 0.496 e. The summed E-state index contributed by atoms with van der Waals surface area (Å²) < 4.78 is 11.1. The lowest BCUT2D eigenvalue weighted by Gasteiger charge is -2.24. The standard InChI is InChI=1S/C19H20BrNO4/c1-4-21(15-8-6-5-7-9-15)18(22)13(2)25-19(23)14-10-11-17(24-3)16(20)12-14/h5-13H,4H2,1-3H3/t13-/m0/s1. The molecule has 1 atom stereocenters. The predicted molar refractivity (Wildman–Crippen MR) is 100 cm³/mol. The number of ether oxygens (including phenoxy) is 2. The van der Waals surface area contributed by atoms with E-state index in [1.165, 1.54) is 0 Å². The smallest absolute Gasteiger partial charge is 0.338 e. The molecule has 0 aliphatic heterocycles. The van der Waals surface area contributed by atoms with Crippen LogP contribution in [0.25, 0.3) is 0 Å². The highest BCUT2D eigenvalue weighted by atomic mass is 79.9. The van der Waals surface area contributed by atoms with Crippen LogP contribution in [0.15, 0.2) is 53.0 Å². The van der Waals surface area contributed by atoms with Gasteiger partial charge in [0.15, 0.2) is 6.10 Å². The predicted octanol–water partition coefficient (Wildman–Crippen LogP) is 4.06. The first-order chi connectivity index (χ1) is 12.0. The number of nitrogens with zero attached hydrogens (tertiary/aromatic N) is 1. The fraction of sp³-hybridized carbons (Fsp3) is 0.263. The van der Waals surface area contributed by atoms with Crippen LogP contribution in [0.3, 0.4) is 0 Å². The maximum atomic E-state index is 12.6. The van der Waals surface area contributed by atoms with Crippen LogP contribution in [-0.2, 0) is 9.53 Å². The van der Waals surface area contributed by atoms with Crippen molar-refractivity contribution in [1.29, 1.82) is 0 Å². The molecule has 0 spiro atoms. The third-order valence-corrected chi connectivity index (χ3v) is 4.29. The van der Waals surface area contributed by atoms with E-state index in [0.717, 1.165) is 5.69 Å². The summed E-state index contributed by atoms with van der Waals surface area (Å²) in [5.41, 5.74) is 1.11. The summed E-state index contributed by atoms with van der Waals surface area (Å²) >= 11 is 3.33. The summed E-state index contributed by atoms with van der Waals surface area (Å²) in [7, 11) is 1.54. The molecule has 0 bridgehead atoms. The third kappa shape index (κ3) is 4.60. The van der Waals surface area contributed by atoms with E-state index in [9.17, 15) is 9.59 Å². The van der Waals surface area contributed by atoms with Crippen LogP contribution in [0.2, 0.25) is 0 Å². The van der Waals surface area contributed by atoms with Gasteiger partial charge in [0, 0.05) is 12.2 Å². The molecule has 0 radical (unpaired) electrons. The van der Waals surface area contributed by atoms with Gasteiger partial charge in [-0.1, -0.05) is 18.2 Å². The number of anilines is 1. The van der Waals surface area contributed by atoms with Crippen molar-refractivity contribution in [1.82, 2.24) is 0 Å². The number of benzene rings is 2. The second kappa shape index (κ2) is 8.67. The summed E-state index contributed by atoms with van der Waals surface area (Å²) in [4.78, 5) is 26.5. The molecule has 132 valence electrons. The SMILES string of the molecule is CCN(C(=O)[C@H](C)OC(=O)c1ccc(OC)c(Br)c1)c1ccccc1. The molecule has 0 fully saturated rings. The molecular weight excluding hydrogens is 386 g/mol. The van der Waals surface area contributed by atoms with Gasteiger partial charge in [0.2, 0.25) is 0 Å². The Hall–Kier alpha value is -2.34. The molecule has 6 heteroatoms. The summed E-state index contributed by atoms with van der Waals surface area (Å²) in [5, 5.41) is 0. The molecule has 1 amide bonds. The number of para-hydroxylation sites is 1. The molecule has 0 aliphatic rings. The molecule has 0 heterocycles. The first-order valence-electron chi connectivity index (χ1n) is 7.88. The van der Waals surface area contributed by atoms with Gasteiger partial charge in [-0.25, -0.2) is 4.79 Å². The average Bonchev–Trinajstić information content (AvgIpc) is 2.62. The van der Waals surface area contributed by atoms with Crippen molar-refractivity contribution in [2.24, 2.45) is 0 Å². The number of methoxy groups -OCH3 is 1. The highest BCUT2D eigenvalue weighted by Crippen LogP contribution is 2.26. The van der Waals surface area contributed by atoms with Gasteiger partial charge in [-0.15, -0.1) is 0 Å². The van der Waals surface area contributed by atoms with Crippen molar-refractivity contribution >= 4 is 33.5 Å².